The minimum atomic E-state index is -3.39. The van der Waals surface area contributed by atoms with Crippen LogP contribution in [0.5, 0.6) is 0 Å². The number of rotatable bonds is 7. The van der Waals surface area contributed by atoms with Crippen molar-refractivity contribution in [1.82, 2.24) is 24.3 Å². The molecule has 3 N–H and O–H groups in total. The van der Waals surface area contributed by atoms with Gasteiger partial charge in [0.05, 0.1) is 12.9 Å². The predicted molar refractivity (Wildman–Crippen MR) is 79.7 cm³/mol. The molecule has 0 aromatic carbocycles. The van der Waals surface area contributed by atoms with Crippen LogP contribution in [0.25, 0.3) is 0 Å². The first-order chi connectivity index (χ1) is 10.1. The number of nitrogens with zero attached hydrogens (tertiary/aromatic N) is 2. The number of H-pyrrole nitrogens is 1. The first-order valence-electron chi connectivity index (χ1n) is 7.59. The summed E-state index contributed by atoms with van der Waals surface area (Å²) in [6.07, 6.45) is 7.63. The molecule has 1 aromatic rings. The molecule has 1 aromatic heterocycles. The van der Waals surface area contributed by atoms with Crippen LogP contribution < -0.4 is 10.0 Å². The third-order valence-corrected chi connectivity index (χ3v) is 5.74. The van der Waals surface area contributed by atoms with Gasteiger partial charge < -0.3 is 10.3 Å². The SMILES string of the molecule is O=S(=O)(NCc1cnc[nH]1)N1CCC(CNC2CC2)CC1. The van der Waals surface area contributed by atoms with Crippen LogP contribution in [0.3, 0.4) is 0 Å². The summed E-state index contributed by atoms with van der Waals surface area (Å²) < 4.78 is 28.6. The smallest absolute Gasteiger partial charge is 0.279 e. The first kappa shape index (κ1) is 15.0. The van der Waals surface area contributed by atoms with Crippen LogP contribution in [-0.4, -0.2) is 48.4 Å². The average Bonchev–Trinajstić information content (AvgIpc) is 3.17. The Morgan fingerprint density at radius 1 is 1.29 bits per heavy atom. The third-order valence-electron chi connectivity index (χ3n) is 4.19. The second-order valence-corrected chi connectivity index (χ2v) is 7.68. The van der Waals surface area contributed by atoms with Gasteiger partial charge in [0, 0.05) is 31.0 Å². The molecule has 0 unspecified atom stereocenters. The van der Waals surface area contributed by atoms with Gasteiger partial charge in [0.2, 0.25) is 0 Å². The third kappa shape index (κ3) is 4.26. The van der Waals surface area contributed by atoms with Crippen molar-refractivity contribution >= 4 is 10.2 Å². The highest BCUT2D eigenvalue weighted by Crippen LogP contribution is 2.22. The van der Waals surface area contributed by atoms with E-state index >= 15 is 0 Å². The first-order valence-corrected chi connectivity index (χ1v) is 9.03. The highest BCUT2D eigenvalue weighted by Gasteiger charge is 2.29. The van der Waals surface area contributed by atoms with Crippen LogP contribution in [0.4, 0.5) is 0 Å². The lowest BCUT2D eigenvalue weighted by molar-refractivity contribution is 0.264. The largest absolute Gasteiger partial charge is 0.347 e. The highest BCUT2D eigenvalue weighted by atomic mass is 32.2. The molecule has 0 bridgehead atoms. The number of aromatic amines is 1. The zero-order chi connectivity index (χ0) is 14.7. The zero-order valence-corrected chi connectivity index (χ0v) is 12.9. The molecular weight excluding hydrogens is 290 g/mol. The van der Waals surface area contributed by atoms with E-state index in [1.807, 2.05) is 0 Å². The lowest BCUT2D eigenvalue weighted by Crippen LogP contribution is -2.46. The Kier molecular flexibility index (Phi) is 4.58. The molecule has 1 aliphatic heterocycles. The summed E-state index contributed by atoms with van der Waals surface area (Å²) in [6.45, 7) is 2.50. The lowest BCUT2D eigenvalue weighted by atomic mass is 9.98. The summed E-state index contributed by atoms with van der Waals surface area (Å²) in [6, 6.07) is 0.725. The maximum Gasteiger partial charge on any atom is 0.279 e. The minimum absolute atomic E-state index is 0.255. The summed E-state index contributed by atoms with van der Waals surface area (Å²) in [7, 11) is -3.39. The van der Waals surface area contributed by atoms with Crippen molar-refractivity contribution in [3.05, 3.63) is 18.2 Å². The van der Waals surface area contributed by atoms with E-state index < -0.39 is 10.2 Å². The Balaban J connectivity index is 1.43. The molecule has 2 aliphatic rings. The molecule has 3 rings (SSSR count). The van der Waals surface area contributed by atoms with E-state index in [-0.39, 0.29) is 6.54 Å². The normalized spacial score (nSPS) is 21.7. The van der Waals surface area contributed by atoms with Crippen LogP contribution in [0.2, 0.25) is 0 Å². The molecule has 1 aliphatic carbocycles. The van der Waals surface area contributed by atoms with Gasteiger partial charge in [-0.3, -0.25) is 0 Å². The van der Waals surface area contributed by atoms with Gasteiger partial charge in [-0.05, 0) is 38.1 Å². The standard InChI is InChI=1S/C13H23N5O2S/c19-21(20,17-9-13-8-14-10-16-13)18-5-3-11(4-6-18)7-15-12-1-2-12/h8,10-12,15,17H,1-7,9H2,(H,14,16). The van der Waals surface area contributed by atoms with E-state index in [9.17, 15) is 8.42 Å². The molecule has 0 amide bonds. The number of hydrogen-bond acceptors (Lipinski definition) is 4. The van der Waals surface area contributed by atoms with Crippen molar-refractivity contribution in [2.24, 2.45) is 5.92 Å². The minimum Gasteiger partial charge on any atom is -0.347 e. The number of nitrogens with one attached hydrogen (secondary N) is 3. The average molecular weight is 313 g/mol. The number of hydrogen-bond donors (Lipinski definition) is 3. The molecule has 7 nitrogen and oxygen atoms in total. The molecule has 2 heterocycles. The predicted octanol–water partition coefficient (Wildman–Crippen LogP) is 0.208. The second-order valence-electron chi connectivity index (χ2n) is 5.93. The van der Waals surface area contributed by atoms with Gasteiger partial charge in [0.15, 0.2) is 0 Å². The van der Waals surface area contributed by atoms with Crippen molar-refractivity contribution in [3.63, 3.8) is 0 Å². The zero-order valence-electron chi connectivity index (χ0n) is 12.1. The highest BCUT2D eigenvalue weighted by molar-refractivity contribution is 7.87. The fraction of sp³-hybridized carbons (Fsp3) is 0.769. The Labute approximate surface area is 125 Å². The summed E-state index contributed by atoms with van der Waals surface area (Å²) in [5, 5.41) is 3.53. The molecule has 118 valence electrons. The van der Waals surface area contributed by atoms with Crippen molar-refractivity contribution < 1.29 is 8.42 Å². The molecule has 1 saturated carbocycles. The van der Waals surface area contributed by atoms with Gasteiger partial charge in [-0.2, -0.15) is 17.4 Å². The van der Waals surface area contributed by atoms with Gasteiger partial charge in [-0.25, -0.2) is 4.98 Å². The van der Waals surface area contributed by atoms with E-state index in [2.05, 4.69) is 20.0 Å². The summed E-state index contributed by atoms with van der Waals surface area (Å²) in [5.41, 5.74) is 0.766. The molecule has 1 saturated heterocycles. The quantitative estimate of drug-likeness (QED) is 0.671. The Hall–Kier alpha value is -0.960. The van der Waals surface area contributed by atoms with Gasteiger partial charge >= 0.3 is 0 Å². The second kappa shape index (κ2) is 6.43. The van der Waals surface area contributed by atoms with Crippen LogP contribution in [0.15, 0.2) is 12.5 Å². The molecule has 0 spiro atoms. The van der Waals surface area contributed by atoms with E-state index in [0.717, 1.165) is 31.1 Å². The van der Waals surface area contributed by atoms with Gasteiger partial charge in [0.1, 0.15) is 0 Å². The summed E-state index contributed by atoms with van der Waals surface area (Å²) in [4.78, 5) is 6.76. The molecule has 0 radical (unpaired) electrons. The summed E-state index contributed by atoms with van der Waals surface area (Å²) >= 11 is 0. The Morgan fingerprint density at radius 2 is 2.05 bits per heavy atom. The van der Waals surface area contributed by atoms with Crippen molar-refractivity contribution in [3.8, 4) is 0 Å². The molecular formula is C13H23N5O2S. The van der Waals surface area contributed by atoms with Crippen molar-refractivity contribution in [2.75, 3.05) is 19.6 Å². The van der Waals surface area contributed by atoms with Gasteiger partial charge in [0.25, 0.3) is 10.2 Å². The van der Waals surface area contributed by atoms with Gasteiger partial charge in [-0.1, -0.05) is 0 Å². The van der Waals surface area contributed by atoms with Crippen LogP contribution in [-0.2, 0) is 16.8 Å². The number of imidazole rings is 1. The van der Waals surface area contributed by atoms with Crippen LogP contribution >= 0.6 is 0 Å². The Bertz CT molecular complexity index is 533. The van der Waals surface area contributed by atoms with Crippen molar-refractivity contribution in [2.45, 2.75) is 38.3 Å². The fourth-order valence-electron chi connectivity index (χ4n) is 2.62. The topological polar surface area (TPSA) is 90.1 Å². The van der Waals surface area contributed by atoms with E-state index in [1.54, 1.807) is 16.8 Å². The molecule has 21 heavy (non-hydrogen) atoms. The molecule has 8 heteroatoms. The fourth-order valence-corrected chi connectivity index (χ4v) is 3.83. The summed E-state index contributed by atoms with van der Waals surface area (Å²) in [5.74, 6) is 0.602. The van der Waals surface area contributed by atoms with E-state index in [1.165, 1.54) is 12.8 Å². The molecule has 2 fully saturated rings. The lowest BCUT2D eigenvalue weighted by Gasteiger charge is -2.31. The maximum absolute atomic E-state index is 12.2. The number of aromatic nitrogens is 2. The van der Waals surface area contributed by atoms with Crippen LogP contribution in [0.1, 0.15) is 31.4 Å². The van der Waals surface area contributed by atoms with Gasteiger partial charge in [-0.15, -0.1) is 0 Å². The van der Waals surface area contributed by atoms with Crippen LogP contribution in [0, 0.1) is 5.92 Å². The van der Waals surface area contributed by atoms with E-state index in [4.69, 9.17) is 0 Å². The molecule has 0 atom stereocenters. The van der Waals surface area contributed by atoms with Crippen molar-refractivity contribution in [1.29, 1.82) is 0 Å². The maximum atomic E-state index is 12.2. The Morgan fingerprint density at radius 3 is 2.67 bits per heavy atom. The number of piperidine rings is 1. The van der Waals surface area contributed by atoms with E-state index in [0.29, 0.717) is 19.0 Å². The monoisotopic (exact) mass is 313 g/mol.